The molecule has 104 valence electrons. The van der Waals surface area contributed by atoms with Crippen LogP contribution < -0.4 is 0 Å². The van der Waals surface area contributed by atoms with Gasteiger partial charge in [0.1, 0.15) is 0 Å². The van der Waals surface area contributed by atoms with Crippen LogP contribution in [0.1, 0.15) is 15.9 Å². The van der Waals surface area contributed by atoms with Crippen molar-refractivity contribution in [3.63, 3.8) is 0 Å². The van der Waals surface area contributed by atoms with Crippen LogP contribution in [0.25, 0.3) is 11.1 Å². The number of hydrogen-bond donors (Lipinski definition) is 1. The summed E-state index contributed by atoms with van der Waals surface area (Å²) in [6.07, 6.45) is 3.98. The van der Waals surface area contributed by atoms with Gasteiger partial charge in [-0.1, -0.05) is 17.7 Å². The van der Waals surface area contributed by atoms with Crippen molar-refractivity contribution in [2.75, 3.05) is 13.7 Å². The van der Waals surface area contributed by atoms with Crippen LogP contribution in [-0.4, -0.2) is 29.8 Å². The van der Waals surface area contributed by atoms with Crippen molar-refractivity contribution in [1.29, 1.82) is 0 Å². The van der Waals surface area contributed by atoms with Gasteiger partial charge >= 0.3 is 5.97 Å². The van der Waals surface area contributed by atoms with Gasteiger partial charge in [0.25, 0.3) is 0 Å². The molecule has 0 amide bonds. The second-order valence-corrected chi connectivity index (χ2v) is 4.65. The highest BCUT2D eigenvalue weighted by Gasteiger charge is 2.11. The van der Waals surface area contributed by atoms with Gasteiger partial charge in [-0.05, 0) is 35.7 Å². The Labute approximate surface area is 122 Å². The Balaban J connectivity index is 2.36. The Morgan fingerprint density at radius 3 is 2.75 bits per heavy atom. The van der Waals surface area contributed by atoms with Crippen LogP contribution >= 0.6 is 11.6 Å². The number of rotatable bonds is 4. The number of aliphatic hydroxyl groups is 1. The van der Waals surface area contributed by atoms with Crippen LogP contribution in [0.5, 0.6) is 0 Å². The molecule has 0 saturated carbocycles. The number of hydrogen-bond acceptors (Lipinski definition) is 4. The smallest absolute Gasteiger partial charge is 0.339 e. The molecular weight excluding hydrogens is 278 g/mol. The molecule has 0 unspecified atom stereocenters. The quantitative estimate of drug-likeness (QED) is 0.880. The predicted molar refractivity (Wildman–Crippen MR) is 76.8 cm³/mol. The molecule has 5 heteroatoms. The number of halogens is 1. The molecule has 0 fully saturated rings. The average molecular weight is 292 g/mol. The fourth-order valence-electron chi connectivity index (χ4n) is 1.88. The Kier molecular flexibility index (Phi) is 4.71. The van der Waals surface area contributed by atoms with Crippen molar-refractivity contribution in [3.05, 3.63) is 52.8 Å². The molecule has 1 N–H and O–H groups in total. The monoisotopic (exact) mass is 291 g/mol. The molecule has 4 nitrogen and oxygen atoms in total. The molecule has 0 radical (unpaired) electrons. The lowest BCUT2D eigenvalue weighted by molar-refractivity contribution is 0.0601. The summed E-state index contributed by atoms with van der Waals surface area (Å²) in [5.74, 6) is -0.464. The number of carbonyl (C=O) groups excluding carboxylic acids is 1. The van der Waals surface area contributed by atoms with Gasteiger partial charge in [-0.15, -0.1) is 0 Å². The standard InChI is InChI=1S/C15H14ClNO3/c1-20-15(19)13-3-2-11(7-14(13)16)12-6-10(4-5-18)8-17-9-12/h2-3,6-9,18H,4-5H2,1H3. The van der Waals surface area contributed by atoms with Crippen molar-refractivity contribution >= 4 is 17.6 Å². The van der Waals surface area contributed by atoms with E-state index in [0.29, 0.717) is 17.0 Å². The summed E-state index contributed by atoms with van der Waals surface area (Å²) in [6.45, 7) is 0.0766. The van der Waals surface area contributed by atoms with Gasteiger partial charge in [0.05, 0.1) is 17.7 Å². The number of methoxy groups -OCH3 is 1. The molecule has 1 aromatic carbocycles. The first-order valence-corrected chi connectivity index (χ1v) is 6.46. The number of pyridine rings is 1. The number of benzene rings is 1. The maximum absolute atomic E-state index is 11.5. The zero-order valence-corrected chi connectivity index (χ0v) is 11.7. The van der Waals surface area contributed by atoms with Crippen molar-refractivity contribution in [1.82, 2.24) is 4.98 Å². The molecule has 0 aliphatic rings. The van der Waals surface area contributed by atoms with E-state index >= 15 is 0 Å². The van der Waals surface area contributed by atoms with Crippen LogP contribution in [0.2, 0.25) is 5.02 Å². The Bertz CT molecular complexity index is 628. The van der Waals surface area contributed by atoms with E-state index in [1.165, 1.54) is 7.11 Å². The molecule has 0 saturated heterocycles. The van der Waals surface area contributed by atoms with E-state index < -0.39 is 5.97 Å². The fourth-order valence-corrected chi connectivity index (χ4v) is 2.14. The second kappa shape index (κ2) is 6.50. The normalized spacial score (nSPS) is 10.3. The third-order valence-electron chi connectivity index (χ3n) is 2.90. The average Bonchev–Trinajstić information content (AvgIpc) is 2.47. The lowest BCUT2D eigenvalue weighted by atomic mass is 10.0. The van der Waals surface area contributed by atoms with Crippen molar-refractivity contribution in [2.24, 2.45) is 0 Å². The molecular formula is C15H14ClNO3. The third-order valence-corrected chi connectivity index (χ3v) is 3.22. The van der Waals surface area contributed by atoms with Gasteiger partial charge in [0, 0.05) is 24.6 Å². The van der Waals surface area contributed by atoms with E-state index in [-0.39, 0.29) is 6.61 Å². The molecule has 0 aliphatic heterocycles. The SMILES string of the molecule is COC(=O)c1ccc(-c2cncc(CCO)c2)cc1Cl. The topological polar surface area (TPSA) is 59.4 Å². The van der Waals surface area contributed by atoms with Crippen molar-refractivity contribution in [3.8, 4) is 11.1 Å². The maximum atomic E-state index is 11.5. The molecule has 0 spiro atoms. The van der Waals surface area contributed by atoms with E-state index in [1.54, 1.807) is 30.6 Å². The number of esters is 1. The van der Waals surface area contributed by atoms with E-state index in [1.807, 2.05) is 6.07 Å². The first-order valence-electron chi connectivity index (χ1n) is 6.08. The number of nitrogens with zero attached hydrogens (tertiary/aromatic N) is 1. The van der Waals surface area contributed by atoms with Crippen LogP contribution in [-0.2, 0) is 11.2 Å². The molecule has 0 aliphatic carbocycles. The number of ether oxygens (including phenoxy) is 1. The summed E-state index contributed by atoms with van der Waals surface area (Å²) < 4.78 is 4.65. The highest BCUT2D eigenvalue weighted by atomic mass is 35.5. The Hall–Kier alpha value is -1.91. The van der Waals surface area contributed by atoms with Crippen LogP contribution in [0.4, 0.5) is 0 Å². The van der Waals surface area contributed by atoms with Gasteiger partial charge < -0.3 is 9.84 Å². The summed E-state index contributed by atoms with van der Waals surface area (Å²) >= 11 is 6.09. The van der Waals surface area contributed by atoms with Gasteiger partial charge in [0.15, 0.2) is 0 Å². The Morgan fingerprint density at radius 2 is 2.10 bits per heavy atom. The van der Waals surface area contributed by atoms with Gasteiger partial charge in [-0.25, -0.2) is 4.79 Å². The number of aromatic nitrogens is 1. The van der Waals surface area contributed by atoms with Crippen LogP contribution in [0.15, 0.2) is 36.7 Å². The zero-order chi connectivity index (χ0) is 14.5. The highest BCUT2D eigenvalue weighted by Crippen LogP contribution is 2.26. The minimum Gasteiger partial charge on any atom is -0.465 e. The summed E-state index contributed by atoms with van der Waals surface area (Å²) in [5.41, 5.74) is 3.01. The summed E-state index contributed by atoms with van der Waals surface area (Å²) in [5, 5.41) is 9.28. The minimum absolute atomic E-state index is 0.0766. The maximum Gasteiger partial charge on any atom is 0.339 e. The molecule has 2 aromatic rings. The van der Waals surface area contributed by atoms with Crippen molar-refractivity contribution in [2.45, 2.75) is 6.42 Å². The Morgan fingerprint density at radius 1 is 1.30 bits per heavy atom. The van der Waals surface area contributed by atoms with Crippen LogP contribution in [0, 0.1) is 0 Å². The molecule has 0 atom stereocenters. The molecule has 1 aromatic heterocycles. The van der Waals surface area contributed by atoms with E-state index in [2.05, 4.69) is 9.72 Å². The molecule has 1 heterocycles. The second-order valence-electron chi connectivity index (χ2n) is 4.24. The number of carbonyl (C=O) groups is 1. The van der Waals surface area contributed by atoms with Crippen molar-refractivity contribution < 1.29 is 14.6 Å². The molecule has 0 bridgehead atoms. The minimum atomic E-state index is -0.464. The number of aliphatic hydroxyl groups excluding tert-OH is 1. The molecule has 2 rings (SSSR count). The largest absolute Gasteiger partial charge is 0.465 e. The lowest BCUT2D eigenvalue weighted by Crippen LogP contribution is -2.02. The van der Waals surface area contributed by atoms with E-state index in [0.717, 1.165) is 16.7 Å². The summed E-state index contributed by atoms with van der Waals surface area (Å²) in [4.78, 5) is 15.6. The fraction of sp³-hybridized carbons (Fsp3) is 0.200. The molecule has 20 heavy (non-hydrogen) atoms. The van der Waals surface area contributed by atoms with Gasteiger partial charge in [-0.3, -0.25) is 4.98 Å². The first-order chi connectivity index (χ1) is 9.65. The van der Waals surface area contributed by atoms with Gasteiger partial charge in [0.2, 0.25) is 0 Å². The summed E-state index contributed by atoms with van der Waals surface area (Å²) in [6, 6.07) is 7.06. The highest BCUT2D eigenvalue weighted by molar-refractivity contribution is 6.33. The first kappa shape index (κ1) is 14.5. The summed E-state index contributed by atoms with van der Waals surface area (Å²) in [7, 11) is 1.31. The van der Waals surface area contributed by atoms with E-state index in [9.17, 15) is 4.79 Å². The van der Waals surface area contributed by atoms with Crippen LogP contribution in [0.3, 0.4) is 0 Å². The lowest BCUT2D eigenvalue weighted by Gasteiger charge is -2.07. The van der Waals surface area contributed by atoms with E-state index in [4.69, 9.17) is 16.7 Å². The van der Waals surface area contributed by atoms with Gasteiger partial charge in [-0.2, -0.15) is 0 Å². The third kappa shape index (κ3) is 3.15. The predicted octanol–water partition coefficient (Wildman–Crippen LogP) is 2.72. The zero-order valence-electron chi connectivity index (χ0n) is 11.0.